The second kappa shape index (κ2) is 15.2. The Morgan fingerprint density at radius 2 is 1.08 bits per heavy atom. The lowest BCUT2D eigenvalue weighted by molar-refractivity contribution is -0.131. The largest absolute Gasteiger partial charge is 0.497 e. The van der Waals surface area contributed by atoms with Crippen molar-refractivity contribution in [2.24, 2.45) is 0 Å². The Morgan fingerprint density at radius 3 is 1.63 bits per heavy atom. The van der Waals surface area contributed by atoms with Crippen molar-refractivity contribution in [1.82, 2.24) is 0 Å². The Bertz CT molecular complexity index is 2090. The zero-order valence-corrected chi connectivity index (χ0v) is 28.3. The summed E-state index contributed by atoms with van der Waals surface area (Å²) in [5, 5.41) is 0. The maximum Gasteiger partial charge on any atom is 0.308 e. The van der Waals surface area contributed by atoms with Crippen LogP contribution in [0.2, 0.25) is 0 Å². The van der Waals surface area contributed by atoms with Gasteiger partial charge >= 0.3 is 5.97 Å². The van der Waals surface area contributed by atoms with Crippen LogP contribution >= 0.6 is 0 Å². The van der Waals surface area contributed by atoms with E-state index >= 15 is 0 Å². The second-order valence-corrected chi connectivity index (χ2v) is 12.0. The number of hydrogen-bond donors (Lipinski definition) is 0. The Morgan fingerprint density at radius 1 is 0.551 bits per heavy atom. The molecule has 0 aliphatic rings. The van der Waals surface area contributed by atoms with E-state index in [4.69, 9.17) is 9.47 Å². The monoisotopic (exact) mass is 641 g/mol. The van der Waals surface area contributed by atoms with E-state index in [-0.39, 0.29) is 5.97 Å². The van der Waals surface area contributed by atoms with Gasteiger partial charge in [-0.3, -0.25) is 4.79 Å². The summed E-state index contributed by atoms with van der Waals surface area (Å²) in [5.41, 5.74) is 12.1. The number of hydrogen-bond acceptors (Lipinski definition) is 4. The highest BCUT2D eigenvalue weighted by Crippen LogP contribution is 2.36. The summed E-state index contributed by atoms with van der Waals surface area (Å²) >= 11 is 0. The lowest BCUT2D eigenvalue weighted by atomic mass is 9.95. The molecule has 0 heterocycles. The SMILES string of the molecule is COc1ccc(C(=Cc2ccc(N(c3ccc(C=Cc4cccc(C)c4)cc3)c3cccc(C)c3)cc2)c2ccc(OC(C)=O)cc2)cc1. The molecule has 4 nitrogen and oxygen atoms in total. The predicted molar refractivity (Wildman–Crippen MR) is 204 cm³/mol. The Kier molecular flexibility index (Phi) is 10.2. The summed E-state index contributed by atoms with van der Waals surface area (Å²) in [6.07, 6.45) is 6.49. The number of esters is 1. The maximum absolute atomic E-state index is 11.5. The molecule has 4 heteroatoms. The van der Waals surface area contributed by atoms with Gasteiger partial charge in [0.05, 0.1) is 7.11 Å². The molecule has 6 aromatic carbocycles. The number of benzene rings is 6. The van der Waals surface area contributed by atoms with Gasteiger partial charge in [0.2, 0.25) is 0 Å². The molecule has 0 saturated carbocycles. The van der Waals surface area contributed by atoms with Crippen LogP contribution < -0.4 is 14.4 Å². The number of carbonyl (C=O) groups is 1. The number of methoxy groups -OCH3 is 1. The quantitative estimate of drug-likeness (QED) is 0.0847. The molecule has 0 N–H and O–H groups in total. The lowest BCUT2D eigenvalue weighted by Gasteiger charge is -2.26. The van der Waals surface area contributed by atoms with Crippen molar-refractivity contribution in [2.45, 2.75) is 20.8 Å². The first-order valence-electron chi connectivity index (χ1n) is 16.3. The van der Waals surface area contributed by atoms with Crippen LogP contribution in [0.1, 0.15) is 45.9 Å². The van der Waals surface area contributed by atoms with Gasteiger partial charge in [-0.1, -0.05) is 103 Å². The first kappa shape index (κ1) is 32.8. The molecule has 0 aromatic heterocycles. The van der Waals surface area contributed by atoms with Gasteiger partial charge in [-0.25, -0.2) is 0 Å². The number of rotatable bonds is 10. The third kappa shape index (κ3) is 8.43. The summed E-state index contributed by atoms with van der Waals surface area (Å²) in [4.78, 5) is 13.8. The molecule has 0 aliphatic heterocycles. The van der Waals surface area contributed by atoms with E-state index < -0.39 is 0 Å². The van der Waals surface area contributed by atoms with Gasteiger partial charge in [-0.05, 0) is 120 Å². The summed E-state index contributed by atoms with van der Waals surface area (Å²) in [6, 6.07) is 50.0. The van der Waals surface area contributed by atoms with E-state index in [9.17, 15) is 4.79 Å². The Hall–Kier alpha value is -6.13. The van der Waals surface area contributed by atoms with Gasteiger partial charge < -0.3 is 14.4 Å². The van der Waals surface area contributed by atoms with Gasteiger partial charge in [0.25, 0.3) is 0 Å². The van der Waals surface area contributed by atoms with Gasteiger partial charge in [0, 0.05) is 24.0 Å². The minimum absolute atomic E-state index is 0.343. The van der Waals surface area contributed by atoms with Crippen LogP contribution in [-0.2, 0) is 4.79 Å². The fraction of sp³-hybridized carbons (Fsp3) is 0.0889. The third-order valence-electron chi connectivity index (χ3n) is 8.21. The van der Waals surface area contributed by atoms with Gasteiger partial charge in [-0.2, -0.15) is 0 Å². The van der Waals surface area contributed by atoms with Crippen LogP contribution in [-0.4, -0.2) is 13.1 Å². The van der Waals surface area contributed by atoms with Crippen molar-refractivity contribution in [3.05, 3.63) is 185 Å². The van der Waals surface area contributed by atoms with Crippen LogP contribution in [0.4, 0.5) is 17.1 Å². The summed E-state index contributed by atoms with van der Waals surface area (Å²) in [6.45, 7) is 5.64. The molecule has 6 rings (SSSR count). The first-order chi connectivity index (χ1) is 23.8. The summed E-state index contributed by atoms with van der Waals surface area (Å²) in [7, 11) is 1.67. The highest BCUT2D eigenvalue weighted by atomic mass is 16.5. The molecule has 6 aromatic rings. The molecule has 0 fully saturated rings. The van der Waals surface area contributed by atoms with E-state index in [2.05, 4.69) is 146 Å². The maximum atomic E-state index is 11.5. The van der Waals surface area contributed by atoms with E-state index in [1.54, 1.807) is 7.11 Å². The van der Waals surface area contributed by atoms with Crippen molar-refractivity contribution in [2.75, 3.05) is 12.0 Å². The van der Waals surface area contributed by atoms with Crippen molar-refractivity contribution in [3.8, 4) is 11.5 Å². The molecular formula is C45H39NO3. The third-order valence-corrected chi connectivity index (χ3v) is 8.21. The van der Waals surface area contributed by atoms with Crippen molar-refractivity contribution >= 4 is 46.8 Å². The molecule has 0 atom stereocenters. The van der Waals surface area contributed by atoms with Crippen LogP contribution in [0.5, 0.6) is 11.5 Å². The van der Waals surface area contributed by atoms with E-state index in [1.807, 2.05) is 36.4 Å². The van der Waals surface area contributed by atoms with Crippen LogP contribution in [0.15, 0.2) is 146 Å². The molecule has 0 aliphatic carbocycles. The standard InChI is InChI=1S/C45H39NO3/c1-32-7-5-9-36(29-32)12-11-35-13-21-40(22-14-35)46(42-10-6-8-33(2)30-42)41-23-15-37(16-24-41)31-45(38-17-25-43(48-4)26-18-38)39-19-27-44(28-20-39)49-34(3)47/h5-31H,1-4H3. The number of nitrogens with zero attached hydrogens (tertiary/aromatic N) is 1. The molecule has 242 valence electrons. The average molecular weight is 642 g/mol. The number of ether oxygens (including phenoxy) is 2. The van der Waals surface area contributed by atoms with Gasteiger partial charge in [0.1, 0.15) is 11.5 Å². The Labute approximate surface area is 289 Å². The lowest BCUT2D eigenvalue weighted by Crippen LogP contribution is -2.10. The fourth-order valence-electron chi connectivity index (χ4n) is 5.77. The highest BCUT2D eigenvalue weighted by molar-refractivity contribution is 5.92. The van der Waals surface area contributed by atoms with Crippen LogP contribution in [0.3, 0.4) is 0 Å². The molecule has 0 bridgehead atoms. The zero-order chi connectivity index (χ0) is 34.2. The predicted octanol–water partition coefficient (Wildman–Crippen LogP) is 11.5. The number of carbonyl (C=O) groups excluding carboxylic acids is 1. The highest BCUT2D eigenvalue weighted by Gasteiger charge is 2.13. The van der Waals surface area contributed by atoms with Crippen LogP contribution in [0, 0.1) is 13.8 Å². The first-order valence-corrected chi connectivity index (χ1v) is 16.3. The minimum atomic E-state index is -0.343. The molecule has 0 unspecified atom stereocenters. The molecule has 0 spiro atoms. The average Bonchev–Trinajstić information content (AvgIpc) is 3.11. The molecule has 0 radical (unpaired) electrons. The van der Waals surface area contributed by atoms with Crippen molar-refractivity contribution in [1.29, 1.82) is 0 Å². The normalized spacial score (nSPS) is 11.4. The zero-order valence-electron chi connectivity index (χ0n) is 28.3. The topological polar surface area (TPSA) is 38.8 Å². The number of aryl methyl sites for hydroxylation is 2. The fourth-order valence-corrected chi connectivity index (χ4v) is 5.77. The molecule has 49 heavy (non-hydrogen) atoms. The van der Waals surface area contributed by atoms with Gasteiger partial charge in [-0.15, -0.1) is 0 Å². The number of anilines is 3. The smallest absolute Gasteiger partial charge is 0.308 e. The van der Waals surface area contributed by atoms with E-state index in [0.717, 1.165) is 50.6 Å². The van der Waals surface area contributed by atoms with Crippen molar-refractivity contribution in [3.63, 3.8) is 0 Å². The summed E-state index contributed by atoms with van der Waals surface area (Å²) in [5.74, 6) is 0.967. The van der Waals surface area contributed by atoms with Crippen molar-refractivity contribution < 1.29 is 14.3 Å². The van der Waals surface area contributed by atoms with E-state index in [0.29, 0.717) is 5.75 Å². The van der Waals surface area contributed by atoms with Crippen LogP contribution in [0.25, 0.3) is 23.8 Å². The molecular weight excluding hydrogens is 602 g/mol. The summed E-state index contributed by atoms with van der Waals surface area (Å²) < 4.78 is 10.7. The van der Waals surface area contributed by atoms with E-state index in [1.165, 1.54) is 23.6 Å². The molecule has 0 amide bonds. The second-order valence-electron chi connectivity index (χ2n) is 12.0. The van der Waals surface area contributed by atoms with Gasteiger partial charge in [0.15, 0.2) is 0 Å². The minimum Gasteiger partial charge on any atom is -0.497 e. The molecule has 0 saturated heterocycles. The Balaban J connectivity index is 1.33.